The van der Waals surface area contributed by atoms with Crippen LogP contribution >= 0.6 is 35.2 Å². The van der Waals surface area contributed by atoms with E-state index in [4.69, 9.17) is 4.74 Å². The summed E-state index contributed by atoms with van der Waals surface area (Å²) in [5.41, 5.74) is -0.0373. The van der Waals surface area contributed by atoms with Crippen LogP contribution in [0.25, 0.3) is 0 Å². The first-order valence-electron chi connectivity index (χ1n) is 3.27. The smallest absolute Gasteiger partial charge is 0.312 e. The second kappa shape index (κ2) is 4.14. The molecular formula is C7H6INO3S. The standard InChI is InChI=1S/C7H6INO3S/c1-12-6-3-7(13)4(8)2-5(6)9(10)11/h2-3,13H,1H3. The topological polar surface area (TPSA) is 52.4 Å². The Morgan fingerprint density at radius 2 is 2.23 bits per heavy atom. The summed E-state index contributed by atoms with van der Waals surface area (Å²) in [7, 11) is 1.39. The van der Waals surface area contributed by atoms with Gasteiger partial charge in [0.25, 0.3) is 0 Å². The van der Waals surface area contributed by atoms with Crippen molar-refractivity contribution >= 4 is 40.9 Å². The van der Waals surface area contributed by atoms with Crippen molar-refractivity contribution in [2.45, 2.75) is 4.90 Å². The fourth-order valence-corrected chi connectivity index (χ4v) is 1.47. The molecule has 1 aromatic carbocycles. The van der Waals surface area contributed by atoms with Crippen LogP contribution in [0.15, 0.2) is 17.0 Å². The highest BCUT2D eigenvalue weighted by Gasteiger charge is 2.16. The summed E-state index contributed by atoms with van der Waals surface area (Å²) in [5, 5.41) is 10.5. The molecule has 6 heteroatoms. The van der Waals surface area contributed by atoms with Gasteiger partial charge >= 0.3 is 5.69 Å². The number of halogens is 1. The average Bonchev–Trinajstić information content (AvgIpc) is 2.08. The second-order valence-corrected chi connectivity index (χ2v) is 3.88. The number of hydrogen-bond acceptors (Lipinski definition) is 4. The van der Waals surface area contributed by atoms with E-state index in [1.807, 2.05) is 22.6 Å². The van der Waals surface area contributed by atoms with E-state index in [0.29, 0.717) is 4.90 Å². The van der Waals surface area contributed by atoms with Crippen molar-refractivity contribution in [3.05, 3.63) is 25.8 Å². The van der Waals surface area contributed by atoms with E-state index in [-0.39, 0.29) is 11.4 Å². The number of thiol groups is 1. The first-order chi connectivity index (χ1) is 6.06. The minimum absolute atomic E-state index is 0.0373. The second-order valence-electron chi connectivity index (χ2n) is 2.23. The normalized spacial score (nSPS) is 9.77. The zero-order chi connectivity index (χ0) is 10.0. The number of methoxy groups -OCH3 is 1. The Kier molecular flexibility index (Phi) is 3.37. The van der Waals surface area contributed by atoms with Gasteiger partial charge < -0.3 is 4.74 Å². The number of hydrogen-bond donors (Lipinski definition) is 1. The molecule has 0 N–H and O–H groups in total. The first-order valence-corrected chi connectivity index (χ1v) is 4.79. The third-order valence-corrected chi connectivity index (χ3v) is 3.13. The lowest BCUT2D eigenvalue weighted by Crippen LogP contribution is -1.94. The van der Waals surface area contributed by atoms with Gasteiger partial charge in [0.15, 0.2) is 5.75 Å². The lowest BCUT2D eigenvalue weighted by Gasteiger charge is -2.03. The van der Waals surface area contributed by atoms with Crippen LogP contribution in [-0.4, -0.2) is 12.0 Å². The van der Waals surface area contributed by atoms with Gasteiger partial charge in [0, 0.05) is 20.6 Å². The van der Waals surface area contributed by atoms with Crippen molar-refractivity contribution in [3.63, 3.8) is 0 Å². The fraction of sp³-hybridized carbons (Fsp3) is 0.143. The number of nitro groups is 1. The molecule has 0 aliphatic carbocycles. The molecule has 0 amide bonds. The Morgan fingerprint density at radius 3 is 2.69 bits per heavy atom. The van der Waals surface area contributed by atoms with Gasteiger partial charge in [0.1, 0.15) is 0 Å². The summed E-state index contributed by atoms with van der Waals surface area (Å²) in [5.74, 6) is 0.232. The number of rotatable bonds is 2. The maximum absolute atomic E-state index is 10.5. The molecule has 0 aliphatic heterocycles. The fourth-order valence-electron chi connectivity index (χ4n) is 0.838. The molecule has 13 heavy (non-hydrogen) atoms. The van der Waals surface area contributed by atoms with E-state index in [9.17, 15) is 10.1 Å². The van der Waals surface area contributed by atoms with Crippen LogP contribution < -0.4 is 4.74 Å². The molecule has 0 heterocycles. The van der Waals surface area contributed by atoms with Gasteiger partial charge in [-0.1, -0.05) is 0 Å². The SMILES string of the molecule is COc1cc(S)c(I)cc1[N+](=O)[O-]. The molecule has 0 fully saturated rings. The maximum Gasteiger partial charge on any atom is 0.312 e. The number of nitrogens with zero attached hydrogens (tertiary/aromatic N) is 1. The van der Waals surface area contributed by atoms with Gasteiger partial charge in [-0.15, -0.1) is 12.6 Å². The van der Waals surface area contributed by atoms with E-state index in [2.05, 4.69) is 12.6 Å². The molecule has 0 unspecified atom stereocenters. The van der Waals surface area contributed by atoms with E-state index in [1.165, 1.54) is 19.2 Å². The highest BCUT2D eigenvalue weighted by Crippen LogP contribution is 2.32. The summed E-state index contributed by atoms with van der Waals surface area (Å²) in [6.45, 7) is 0. The highest BCUT2D eigenvalue weighted by molar-refractivity contribution is 14.1. The van der Waals surface area contributed by atoms with Gasteiger partial charge in [-0.05, 0) is 22.6 Å². The third-order valence-electron chi connectivity index (χ3n) is 1.45. The van der Waals surface area contributed by atoms with Crippen LogP contribution in [0.3, 0.4) is 0 Å². The molecule has 0 atom stereocenters. The first kappa shape index (κ1) is 10.6. The summed E-state index contributed by atoms with van der Waals surface area (Å²) in [6.07, 6.45) is 0. The molecule has 0 aromatic heterocycles. The van der Waals surface area contributed by atoms with Crippen molar-refractivity contribution in [3.8, 4) is 5.75 Å². The van der Waals surface area contributed by atoms with Gasteiger partial charge in [-0.2, -0.15) is 0 Å². The molecular weight excluding hydrogens is 305 g/mol. The molecule has 1 rings (SSSR count). The van der Waals surface area contributed by atoms with Crippen molar-refractivity contribution in [1.82, 2.24) is 0 Å². The minimum Gasteiger partial charge on any atom is -0.490 e. The van der Waals surface area contributed by atoms with Crippen LogP contribution in [0.5, 0.6) is 5.75 Å². The summed E-state index contributed by atoms with van der Waals surface area (Å²) in [4.78, 5) is 10.7. The largest absolute Gasteiger partial charge is 0.490 e. The Hall–Kier alpha value is -0.500. The van der Waals surface area contributed by atoms with Crippen LogP contribution in [0.2, 0.25) is 0 Å². The molecule has 0 saturated carbocycles. The van der Waals surface area contributed by atoms with Crippen LogP contribution in [-0.2, 0) is 0 Å². The summed E-state index contributed by atoms with van der Waals surface area (Å²) < 4.78 is 5.58. The molecule has 0 radical (unpaired) electrons. The summed E-state index contributed by atoms with van der Waals surface area (Å²) >= 11 is 6.11. The number of benzene rings is 1. The Bertz CT molecular complexity index is 356. The van der Waals surface area contributed by atoms with Gasteiger partial charge in [0.2, 0.25) is 0 Å². The van der Waals surface area contributed by atoms with E-state index in [1.54, 1.807) is 0 Å². The molecule has 1 aromatic rings. The van der Waals surface area contributed by atoms with Crippen molar-refractivity contribution in [1.29, 1.82) is 0 Å². The predicted molar refractivity (Wildman–Crippen MR) is 59.6 cm³/mol. The predicted octanol–water partition coefficient (Wildman–Crippen LogP) is 2.50. The minimum atomic E-state index is -0.478. The quantitative estimate of drug-likeness (QED) is 0.395. The molecule has 0 spiro atoms. The molecule has 0 bridgehead atoms. The average molecular weight is 311 g/mol. The Labute approximate surface area is 94.0 Å². The van der Waals surface area contributed by atoms with Crippen molar-refractivity contribution in [2.75, 3.05) is 7.11 Å². The summed E-state index contributed by atoms with van der Waals surface area (Å²) in [6, 6.07) is 2.96. The lowest BCUT2D eigenvalue weighted by atomic mass is 10.3. The lowest BCUT2D eigenvalue weighted by molar-refractivity contribution is -0.385. The van der Waals surface area contributed by atoms with E-state index >= 15 is 0 Å². The molecule has 0 saturated heterocycles. The van der Waals surface area contributed by atoms with Gasteiger partial charge in [-0.3, -0.25) is 10.1 Å². The number of ether oxygens (including phenoxy) is 1. The van der Waals surface area contributed by atoms with E-state index < -0.39 is 4.92 Å². The Balaban J connectivity index is 3.33. The van der Waals surface area contributed by atoms with E-state index in [0.717, 1.165) is 3.57 Å². The van der Waals surface area contributed by atoms with Gasteiger partial charge in [0.05, 0.1) is 12.0 Å². The monoisotopic (exact) mass is 311 g/mol. The zero-order valence-electron chi connectivity index (χ0n) is 6.65. The number of nitro benzene ring substituents is 1. The van der Waals surface area contributed by atoms with Crippen LogP contribution in [0.4, 0.5) is 5.69 Å². The highest BCUT2D eigenvalue weighted by atomic mass is 127. The molecule has 70 valence electrons. The van der Waals surface area contributed by atoms with Crippen molar-refractivity contribution < 1.29 is 9.66 Å². The third kappa shape index (κ3) is 2.25. The Morgan fingerprint density at radius 1 is 1.62 bits per heavy atom. The van der Waals surface area contributed by atoms with Crippen molar-refractivity contribution in [2.24, 2.45) is 0 Å². The van der Waals surface area contributed by atoms with Gasteiger partial charge in [-0.25, -0.2) is 0 Å². The van der Waals surface area contributed by atoms with Crippen LogP contribution in [0, 0.1) is 13.7 Å². The van der Waals surface area contributed by atoms with Crippen LogP contribution in [0.1, 0.15) is 0 Å². The molecule has 4 nitrogen and oxygen atoms in total. The maximum atomic E-state index is 10.5. The zero-order valence-corrected chi connectivity index (χ0v) is 9.70. The molecule has 0 aliphatic rings.